The molecule has 1 aromatic heterocycles. The fraction of sp³-hybridized carbons (Fsp3) is 0.417. The van der Waals surface area contributed by atoms with Crippen molar-refractivity contribution >= 4 is 16.7 Å². The molecule has 1 heterocycles. The Morgan fingerprint density at radius 3 is 2.71 bits per heavy atom. The molecule has 0 atom stereocenters. The van der Waals surface area contributed by atoms with E-state index < -0.39 is 0 Å². The Hall–Kier alpha value is -1.91. The zero-order valence-corrected chi connectivity index (χ0v) is 10.3. The Kier molecular flexibility index (Phi) is 2.83. The number of hydrogen-bond donors (Lipinski definition) is 1. The van der Waals surface area contributed by atoms with E-state index in [9.17, 15) is 0 Å². The molecule has 0 saturated heterocycles. The van der Waals surface area contributed by atoms with Gasteiger partial charge in [-0.1, -0.05) is 43.3 Å². The lowest BCUT2D eigenvalue weighted by Crippen LogP contribution is -2.26. The molecule has 90 valence electrons. The predicted octanol–water partition coefficient (Wildman–Crippen LogP) is 2.31. The van der Waals surface area contributed by atoms with Crippen molar-refractivity contribution in [3.8, 4) is 0 Å². The maximum atomic E-state index is 9.06. The lowest BCUT2D eigenvalue weighted by atomic mass is 9.90. The van der Waals surface area contributed by atoms with Crippen molar-refractivity contribution in [3.05, 3.63) is 24.3 Å². The summed E-state index contributed by atoms with van der Waals surface area (Å²) in [7, 11) is 0. The first kappa shape index (κ1) is 11.6. The Balaban J connectivity index is 2.36. The molecule has 0 aliphatic rings. The van der Waals surface area contributed by atoms with Crippen LogP contribution in [0.1, 0.15) is 20.8 Å². The number of fused-ring (bicyclic) bond motifs is 1. The van der Waals surface area contributed by atoms with Gasteiger partial charge in [-0.2, -0.15) is 0 Å². The average molecular weight is 232 g/mol. The summed E-state index contributed by atoms with van der Waals surface area (Å²) in [5, 5.41) is 20.6. The molecule has 5 heteroatoms. The van der Waals surface area contributed by atoms with Gasteiger partial charge < -0.3 is 5.21 Å². The van der Waals surface area contributed by atoms with Gasteiger partial charge in [-0.3, -0.25) is 0 Å². The minimum absolute atomic E-state index is 0.193. The van der Waals surface area contributed by atoms with E-state index in [1.165, 1.54) is 0 Å². The Morgan fingerprint density at radius 1 is 1.35 bits per heavy atom. The van der Waals surface area contributed by atoms with Crippen LogP contribution in [0.2, 0.25) is 0 Å². The van der Waals surface area contributed by atoms with Gasteiger partial charge in [0.1, 0.15) is 5.52 Å². The third-order valence-corrected chi connectivity index (χ3v) is 2.71. The first-order chi connectivity index (χ1) is 8.02. The second-order valence-electron chi connectivity index (χ2n) is 5.03. The molecule has 1 aromatic carbocycles. The van der Waals surface area contributed by atoms with Gasteiger partial charge in [0.15, 0.2) is 0 Å². The number of rotatable bonds is 2. The van der Waals surface area contributed by atoms with Crippen LogP contribution in [-0.4, -0.2) is 25.9 Å². The van der Waals surface area contributed by atoms with Gasteiger partial charge in [0.25, 0.3) is 0 Å². The van der Waals surface area contributed by atoms with Crippen LogP contribution in [-0.2, 0) is 6.54 Å². The summed E-state index contributed by atoms with van der Waals surface area (Å²) in [5.41, 5.74) is 2.27. The molecular formula is C12H16N4O. The molecule has 0 unspecified atom stereocenters. The van der Waals surface area contributed by atoms with E-state index >= 15 is 0 Å². The molecule has 2 rings (SSSR count). The van der Waals surface area contributed by atoms with Crippen molar-refractivity contribution in [2.45, 2.75) is 27.3 Å². The van der Waals surface area contributed by atoms with E-state index in [0.29, 0.717) is 12.3 Å². The van der Waals surface area contributed by atoms with Crippen LogP contribution >= 0.6 is 0 Å². The Morgan fingerprint density at radius 2 is 2.06 bits per heavy atom. The van der Waals surface area contributed by atoms with E-state index in [0.717, 1.165) is 11.0 Å². The summed E-state index contributed by atoms with van der Waals surface area (Å²) < 4.78 is 1.75. The summed E-state index contributed by atoms with van der Waals surface area (Å²) in [6.07, 6.45) is 0. The van der Waals surface area contributed by atoms with Crippen LogP contribution in [0.15, 0.2) is 29.4 Å². The molecular weight excluding hydrogens is 216 g/mol. The largest absolute Gasteiger partial charge is 0.411 e. The number of benzene rings is 1. The van der Waals surface area contributed by atoms with Crippen molar-refractivity contribution < 1.29 is 5.21 Å². The van der Waals surface area contributed by atoms with Crippen molar-refractivity contribution in [2.24, 2.45) is 10.6 Å². The lowest BCUT2D eigenvalue weighted by Gasteiger charge is -2.19. The monoisotopic (exact) mass is 232 g/mol. The first-order valence-electron chi connectivity index (χ1n) is 5.52. The summed E-state index contributed by atoms with van der Waals surface area (Å²) in [5.74, 6) is 0. The second kappa shape index (κ2) is 4.16. The number of para-hydroxylation sites is 1. The lowest BCUT2D eigenvalue weighted by molar-refractivity contribution is 0.307. The second-order valence-corrected chi connectivity index (χ2v) is 5.03. The molecule has 0 spiro atoms. The molecule has 0 amide bonds. The minimum atomic E-state index is -0.193. The summed E-state index contributed by atoms with van der Waals surface area (Å²) in [6.45, 7) is 6.45. The molecule has 0 aliphatic heterocycles. The number of oxime groups is 1. The minimum Gasteiger partial charge on any atom is -0.411 e. The van der Waals surface area contributed by atoms with Crippen molar-refractivity contribution in [1.82, 2.24) is 15.0 Å². The van der Waals surface area contributed by atoms with Gasteiger partial charge in [-0.05, 0) is 12.1 Å². The van der Waals surface area contributed by atoms with Gasteiger partial charge >= 0.3 is 0 Å². The predicted molar refractivity (Wildman–Crippen MR) is 66.2 cm³/mol. The van der Waals surface area contributed by atoms with E-state index in [4.69, 9.17) is 5.21 Å². The summed E-state index contributed by atoms with van der Waals surface area (Å²) in [6, 6.07) is 7.72. The molecule has 1 N–H and O–H groups in total. The van der Waals surface area contributed by atoms with Gasteiger partial charge in [-0.15, -0.1) is 5.10 Å². The number of aromatic nitrogens is 3. The third-order valence-electron chi connectivity index (χ3n) is 2.71. The summed E-state index contributed by atoms with van der Waals surface area (Å²) >= 11 is 0. The Bertz CT molecular complexity index is 551. The van der Waals surface area contributed by atoms with Crippen LogP contribution in [0.4, 0.5) is 0 Å². The maximum Gasteiger partial charge on any atom is 0.113 e. The molecule has 0 aliphatic carbocycles. The Labute approximate surface area is 99.7 Å². The smallest absolute Gasteiger partial charge is 0.113 e. The van der Waals surface area contributed by atoms with Crippen molar-refractivity contribution in [3.63, 3.8) is 0 Å². The van der Waals surface area contributed by atoms with Gasteiger partial charge in [0, 0.05) is 5.41 Å². The molecule has 5 nitrogen and oxygen atoms in total. The van der Waals surface area contributed by atoms with E-state index in [1.807, 2.05) is 45.0 Å². The van der Waals surface area contributed by atoms with E-state index in [-0.39, 0.29) is 5.41 Å². The fourth-order valence-corrected chi connectivity index (χ4v) is 1.59. The van der Waals surface area contributed by atoms with E-state index in [1.54, 1.807) is 4.68 Å². The average Bonchev–Trinajstić information content (AvgIpc) is 2.67. The van der Waals surface area contributed by atoms with Crippen LogP contribution in [0.3, 0.4) is 0 Å². The third kappa shape index (κ3) is 2.27. The maximum absolute atomic E-state index is 9.06. The molecule has 0 fully saturated rings. The normalized spacial score (nSPS) is 13.2. The topological polar surface area (TPSA) is 63.3 Å². The highest BCUT2D eigenvalue weighted by Gasteiger charge is 2.21. The highest BCUT2D eigenvalue weighted by molar-refractivity contribution is 5.89. The van der Waals surface area contributed by atoms with Crippen molar-refractivity contribution in [2.75, 3.05) is 0 Å². The van der Waals surface area contributed by atoms with Gasteiger partial charge in [0.05, 0.1) is 17.8 Å². The van der Waals surface area contributed by atoms with Gasteiger partial charge in [0.2, 0.25) is 0 Å². The van der Waals surface area contributed by atoms with Crippen LogP contribution in [0, 0.1) is 5.41 Å². The number of nitrogens with zero attached hydrogens (tertiary/aromatic N) is 4. The van der Waals surface area contributed by atoms with Crippen molar-refractivity contribution in [1.29, 1.82) is 0 Å². The van der Waals surface area contributed by atoms with Crippen LogP contribution < -0.4 is 0 Å². The molecule has 0 radical (unpaired) electrons. The quantitative estimate of drug-likeness (QED) is 0.491. The van der Waals surface area contributed by atoms with Crippen LogP contribution in [0.5, 0.6) is 0 Å². The van der Waals surface area contributed by atoms with Gasteiger partial charge in [-0.25, -0.2) is 4.68 Å². The fourth-order valence-electron chi connectivity index (χ4n) is 1.59. The highest BCUT2D eigenvalue weighted by Crippen LogP contribution is 2.18. The molecule has 17 heavy (non-hydrogen) atoms. The van der Waals surface area contributed by atoms with E-state index in [2.05, 4.69) is 15.5 Å². The molecule has 2 aromatic rings. The first-order valence-corrected chi connectivity index (χ1v) is 5.52. The standard InChI is InChI=1S/C12H16N4O/c1-12(2,3)11(14-17)8-16-10-7-5-4-6-9(10)13-15-16/h4-7,17H,8H2,1-3H3. The van der Waals surface area contributed by atoms with Crippen LogP contribution in [0.25, 0.3) is 11.0 Å². The SMILES string of the molecule is CC(C)(C)C(Cn1nnc2ccccc21)=NO. The zero-order chi connectivity index (χ0) is 12.5. The zero-order valence-electron chi connectivity index (χ0n) is 10.3. The summed E-state index contributed by atoms with van der Waals surface area (Å²) in [4.78, 5) is 0. The molecule has 0 bridgehead atoms. The molecule has 0 saturated carbocycles. The highest BCUT2D eigenvalue weighted by atomic mass is 16.4. The number of hydrogen-bond acceptors (Lipinski definition) is 4.